The Hall–Kier alpha value is -1.82. The van der Waals surface area contributed by atoms with Crippen LogP contribution in [-0.2, 0) is 4.79 Å². The summed E-state index contributed by atoms with van der Waals surface area (Å²) in [5.74, 6) is -0.135. The smallest absolute Gasteiger partial charge is 0.254 e. The van der Waals surface area contributed by atoms with Crippen molar-refractivity contribution in [3.05, 3.63) is 57.2 Å². The molecule has 5 nitrogen and oxygen atoms in total. The maximum absolute atomic E-state index is 12.7. The summed E-state index contributed by atoms with van der Waals surface area (Å²) in [4.78, 5) is 30.9. The molecule has 1 N–H and O–H groups in total. The first kappa shape index (κ1) is 18.0. The summed E-state index contributed by atoms with van der Waals surface area (Å²) in [7, 11) is 0. The van der Waals surface area contributed by atoms with Gasteiger partial charge in [-0.15, -0.1) is 0 Å². The summed E-state index contributed by atoms with van der Waals surface area (Å²) in [5.41, 5.74) is 0.402. The highest BCUT2D eigenvalue weighted by Crippen LogP contribution is 2.26. The number of nitrogens with zero attached hydrogens (tertiary/aromatic N) is 2. The third-order valence-corrected chi connectivity index (χ3v) is 4.92. The Bertz CT molecular complexity index is 811. The lowest BCUT2D eigenvalue weighted by Gasteiger charge is -2.24. The van der Waals surface area contributed by atoms with Crippen LogP contribution in [0.25, 0.3) is 0 Å². The molecule has 130 valence electrons. The predicted molar refractivity (Wildman–Crippen MR) is 98.4 cm³/mol. The van der Waals surface area contributed by atoms with Crippen LogP contribution in [-0.4, -0.2) is 34.3 Å². The topological polar surface area (TPSA) is 62.3 Å². The number of likely N-dealkylation sites (tertiary alicyclic amines) is 1. The minimum atomic E-state index is -0.556. The van der Waals surface area contributed by atoms with Crippen LogP contribution in [0.4, 0.5) is 5.82 Å². The number of rotatable bonds is 3. The van der Waals surface area contributed by atoms with Gasteiger partial charge < -0.3 is 10.2 Å². The zero-order valence-electron chi connectivity index (χ0n) is 13.0. The molecule has 1 fully saturated rings. The lowest BCUT2D eigenvalue weighted by atomic mass is 10.1. The van der Waals surface area contributed by atoms with Gasteiger partial charge in [0, 0.05) is 18.3 Å². The fourth-order valence-electron chi connectivity index (χ4n) is 2.74. The van der Waals surface area contributed by atoms with E-state index >= 15 is 0 Å². The lowest BCUT2D eigenvalue weighted by Crippen LogP contribution is -2.43. The maximum atomic E-state index is 12.7. The van der Waals surface area contributed by atoms with Crippen molar-refractivity contribution in [2.24, 2.45) is 0 Å². The Morgan fingerprint density at radius 1 is 1.12 bits per heavy atom. The third-order valence-electron chi connectivity index (χ3n) is 3.96. The van der Waals surface area contributed by atoms with E-state index in [4.69, 9.17) is 34.8 Å². The SMILES string of the molecule is O=C(Nc1ccc(Cl)cn1)C1CCCN1C(=O)c1ccc(Cl)c(Cl)c1. The summed E-state index contributed by atoms with van der Waals surface area (Å²) in [6.45, 7) is 0.505. The second kappa shape index (κ2) is 7.60. The molecule has 0 spiro atoms. The summed E-state index contributed by atoms with van der Waals surface area (Å²) in [6, 6.07) is 7.38. The molecule has 3 rings (SSSR count). The van der Waals surface area contributed by atoms with Gasteiger partial charge in [0.1, 0.15) is 11.9 Å². The molecule has 1 atom stereocenters. The monoisotopic (exact) mass is 397 g/mol. The van der Waals surface area contributed by atoms with Crippen molar-refractivity contribution in [3.63, 3.8) is 0 Å². The highest BCUT2D eigenvalue weighted by atomic mass is 35.5. The average Bonchev–Trinajstić information content (AvgIpc) is 3.08. The molecule has 0 saturated carbocycles. The average molecular weight is 399 g/mol. The van der Waals surface area contributed by atoms with Crippen LogP contribution in [0.3, 0.4) is 0 Å². The molecule has 1 aromatic carbocycles. The van der Waals surface area contributed by atoms with E-state index in [0.29, 0.717) is 39.4 Å². The van der Waals surface area contributed by atoms with Crippen molar-refractivity contribution in [1.82, 2.24) is 9.88 Å². The third kappa shape index (κ3) is 4.06. The first-order valence-corrected chi connectivity index (χ1v) is 8.77. The highest BCUT2D eigenvalue weighted by molar-refractivity contribution is 6.42. The zero-order valence-corrected chi connectivity index (χ0v) is 15.3. The largest absolute Gasteiger partial charge is 0.327 e. The van der Waals surface area contributed by atoms with E-state index in [1.54, 1.807) is 29.2 Å². The van der Waals surface area contributed by atoms with Crippen LogP contribution in [0.15, 0.2) is 36.5 Å². The van der Waals surface area contributed by atoms with E-state index in [1.807, 2.05) is 0 Å². The number of anilines is 1. The summed E-state index contributed by atoms with van der Waals surface area (Å²) in [6.07, 6.45) is 2.79. The summed E-state index contributed by atoms with van der Waals surface area (Å²) in [5, 5.41) is 3.88. The molecule has 2 aromatic rings. The predicted octanol–water partition coefficient (Wildman–Crippen LogP) is 4.29. The molecular weight excluding hydrogens is 385 g/mol. The Morgan fingerprint density at radius 2 is 1.92 bits per heavy atom. The fourth-order valence-corrected chi connectivity index (χ4v) is 3.15. The number of hydrogen-bond acceptors (Lipinski definition) is 3. The molecule has 2 heterocycles. The van der Waals surface area contributed by atoms with Crippen LogP contribution in [0.2, 0.25) is 15.1 Å². The summed E-state index contributed by atoms with van der Waals surface area (Å²) < 4.78 is 0. The van der Waals surface area contributed by atoms with Gasteiger partial charge in [-0.05, 0) is 43.2 Å². The standard InChI is InChI=1S/C17H14Cl3N3O2/c18-11-4-6-15(21-9-11)22-16(24)14-2-1-7-23(14)17(25)10-3-5-12(19)13(20)8-10/h3-6,8-9,14H,1-2,7H2,(H,21,22,24). The Kier molecular flexibility index (Phi) is 5.47. The van der Waals surface area contributed by atoms with E-state index in [9.17, 15) is 9.59 Å². The molecule has 1 aliphatic heterocycles. The van der Waals surface area contributed by atoms with Gasteiger partial charge in [-0.3, -0.25) is 9.59 Å². The number of carbonyl (C=O) groups excluding carboxylic acids is 2. The van der Waals surface area contributed by atoms with Gasteiger partial charge in [0.25, 0.3) is 5.91 Å². The number of hydrogen-bond donors (Lipinski definition) is 1. The van der Waals surface area contributed by atoms with Crippen molar-refractivity contribution in [2.45, 2.75) is 18.9 Å². The molecule has 25 heavy (non-hydrogen) atoms. The van der Waals surface area contributed by atoms with Crippen LogP contribution in [0, 0.1) is 0 Å². The van der Waals surface area contributed by atoms with Gasteiger partial charge in [0.05, 0.1) is 15.1 Å². The summed E-state index contributed by atoms with van der Waals surface area (Å²) >= 11 is 17.7. The zero-order chi connectivity index (χ0) is 18.0. The maximum Gasteiger partial charge on any atom is 0.254 e. The molecule has 0 radical (unpaired) electrons. The van der Waals surface area contributed by atoms with Gasteiger partial charge in [0.2, 0.25) is 5.91 Å². The molecule has 1 saturated heterocycles. The van der Waals surface area contributed by atoms with Crippen LogP contribution in [0.1, 0.15) is 23.2 Å². The van der Waals surface area contributed by atoms with Crippen molar-refractivity contribution < 1.29 is 9.59 Å². The van der Waals surface area contributed by atoms with E-state index in [0.717, 1.165) is 6.42 Å². The van der Waals surface area contributed by atoms with Gasteiger partial charge in [-0.25, -0.2) is 4.98 Å². The van der Waals surface area contributed by atoms with Crippen LogP contribution < -0.4 is 5.32 Å². The van der Waals surface area contributed by atoms with Crippen LogP contribution in [0.5, 0.6) is 0 Å². The Balaban J connectivity index is 1.74. The van der Waals surface area contributed by atoms with E-state index in [1.165, 1.54) is 12.3 Å². The van der Waals surface area contributed by atoms with Crippen molar-refractivity contribution >= 4 is 52.4 Å². The molecular formula is C17H14Cl3N3O2. The molecule has 1 aliphatic rings. The quantitative estimate of drug-likeness (QED) is 0.839. The van der Waals surface area contributed by atoms with Gasteiger partial charge in [-0.1, -0.05) is 34.8 Å². The first-order valence-electron chi connectivity index (χ1n) is 7.64. The Morgan fingerprint density at radius 3 is 2.60 bits per heavy atom. The molecule has 2 amide bonds. The molecule has 0 bridgehead atoms. The van der Waals surface area contributed by atoms with Gasteiger partial charge >= 0.3 is 0 Å². The molecule has 8 heteroatoms. The number of amides is 2. The minimum absolute atomic E-state index is 0.250. The van der Waals surface area contributed by atoms with Crippen molar-refractivity contribution in [2.75, 3.05) is 11.9 Å². The number of aromatic nitrogens is 1. The van der Waals surface area contributed by atoms with Gasteiger partial charge in [-0.2, -0.15) is 0 Å². The van der Waals surface area contributed by atoms with Gasteiger partial charge in [0.15, 0.2) is 0 Å². The lowest BCUT2D eigenvalue weighted by molar-refractivity contribution is -0.119. The van der Waals surface area contributed by atoms with E-state index in [2.05, 4.69) is 10.3 Å². The number of benzene rings is 1. The second-order valence-corrected chi connectivity index (χ2v) is 6.89. The highest BCUT2D eigenvalue weighted by Gasteiger charge is 2.34. The number of carbonyl (C=O) groups is 2. The van der Waals surface area contributed by atoms with Crippen molar-refractivity contribution in [1.29, 1.82) is 0 Å². The molecule has 1 unspecified atom stereocenters. The number of halogens is 3. The second-order valence-electron chi connectivity index (χ2n) is 5.64. The number of nitrogens with one attached hydrogen (secondary N) is 1. The Labute approximate surface area is 159 Å². The van der Waals surface area contributed by atoms with E-state index < -0.39 is 6.04 Å². The number of pyridine rings is 1. The van der Waals surface area contributed by atoms with Crippen LogP contribution >= 0.6 is 34.8 Å². The molecule has 0 aliphatic carbocycles. The first-order chi connectivity index (χ1) is 12.0. The fraction of sp³-hybridized carbons (Fsp3) is 0.235. The molecule has 1 aromatic heterocycles. The minimum Gasteiger partial charge on any atom is -0.327 e. The normalized spacial score (nSPS) is 16.8. The van der Waals surface area contributed by atoms with E-state index in [-0.39, 0.29) is 11.8 Å². The van der Waals surface area contributed by atoms with Crippen molar-refractivity contribution in [3.8, 4) is 0 Å².